The number of rotatable bonds is 4. The van der Waals surface area contributed by atoms with Crippen LogP contribution in [-0.2, 0) is 9.59 Å². The third-order valence-corrected chi connectivity index (χ3v) is 4.50. The molecule has 2 aromatic heterocycles. The van der Waals surface area contributed by atoms with Gasteiger partial charge in [0.25, 0.3) is 0 Å². The van der Waals surface area contributed by atoms with Gasteiger partial charge in [0.05, 0.1) is 0 Å². The van der Waals surface area contributed by atoms with Crippen molar-refractivity contribution in [3.63, 3.8) is 0 Å². The molecule has 0 atom stereocenters. The highest BCUT2D eigenvalue weighted by molar-refractivity contribution is 7.99. The Kier molecular flexibility index (Phi) is 6.76. The van der Waals surface area contributed by atoms with Crippen molar-refractivity contribution in [2.45, 2.75) is 23.2 Å². The van der Waals surface area contributed by atoms with Crippen LogP contribution in [0.2, 0.25) is 0 Å². The van der Waals surface area contributed by atoms with E-state index in [1.165, 1.54) is 12.8 Å². The Hall–Kier alpha value is -2.39. The molecule has 1 aliphatic heterocycles. The maximum Gasteiger partial charge on any atom is 0.328 e. The first-order valence-corrected chi connectivity index (χ1v) is 8.25. The minimum Gasteiger partial charge on any atom is -0.478 e. The molecule has 3 rings (SSSR count). The molecule has 1 saturated heterocycles. The van der Waals surface area contributed by atoms with E-state index < -0.39 is 11.9 Å². The second kappa shape index (κ2) is 9.04. The second-order valence-electron chi connectivity index (χ2n) is 4.99. The smallest absolute Gasteiger partial charge is 0.328 e. The van der Waals surface area contributed by atoms with E-state index in [2.05, 4.69) is 19.9 Å². The van der Waals surface area contributed by atoms with Crippen LogP contribution in [0.1, 0.15) is 12.8 Å². The maximum absolute atomic E-state index is 9.55. The van der Waals surface area contributed by atoms with E-state index in [9.17, 15) is 9.59 Å². The number of hydrogen-bond donors (Lipinski definition) is 3. The fourth-order valence-electron chi connectivity index (χ4n) is 2.10. The van der Waals surface area contributed by atoms with Gasteiger partial charge in [0, 0.05) is 23.6 Å². The average molecular weight is 350 g/mol. The van der Waals surface area contributed by atoms with Gasteiger partial charge in [0.1, 0.15) is 0 Å². The number of carboxylic acid groups (broad SMARTS) is 2. The van der Waals surface area contributed by atoms with Crippen LogP contribution < -0.4 is 5.32 Å². The Labute approximate surface area is 142 Å². The van der Waals surface area contributed by atoms with Crippen molar-refractivity contribution in [3.05, 3.63) is 36.5 Å². The number of fused-ring (bicyclic) bond motifs is 1. The number of nitrogens with zero attached hydrogens (tertiary/aromatic N) is 3. The van der Waals surface area contributed by atoms with Crippen LogP contribution >= 0.6 is 11.8 Å². The van der Waals surface area contributed by atoms with E-state index in [-0.39, 0.29) is 0 Å². The number of aromatic nitrogens is 3. The Morgan fingerprint density at radius 2 is 1.83 bits per heavy atom. The van der Waals surface area contributed by atoms with Crippen molar-refractivity contribution < 1.29 is 19.8 Å². The molecule has 3 heterocycles. The summed E-state index contributed by atoms with van der Waals surface area (Å²) < 4.78 is 2.06. The predicted octanol–water partition coefficient (Wildman–Crippen LogP) is 1.29. The molecule has 128 valence electrons. The van der Waals surface area contributed by atoms with Gasteiger partial charge in [0.15, 0.2) is 10.8 Å². The molecule has 0 spiro atoms. The van der Waals surface area contributed by atoms with Crippen molar-refractivity contribution >= 4 is 29.3 Å². The van der Waals surface area contributed by atoms with E-state index in [0.717, 1.165) is 23.9 Å². The number of carboxylic acids is 2. The molecule has 2 aromatic rings. The number of carbonyl (C=O) groups is 2. The average Bonchev–Trinajstić information content (AvgIpc) is 2.98. The van der Waals surface area contributed by atoms with Crippen molar-refractivity contribution in [2.24, 2.45) is 0 Å². The molecule has 24 heavy (non-hydrogen) atoms. The van der Waals surface area contributed by atoms with Gasteiger partial charge in [-0.25, -0.2) is 9.59 Å². The summed E-state index contributed by atoms with van der Waals surface area (Å²) in [4.78, 5) is 19.1. The van der Waals surface area contributed by atoms with Crippen molar-refractivity contribution in [2.75, 3.05) is 13.1 Å². The molecule has 0 amide bonds. The summed E-state index contributed by atoms with van der Waals surface area (Å²) in [6.07, 6.45) is 5.57. The lowest BCUT2D eigenvalue weighted by Crippen LogP contribution is -2.29. The second-order valence-corrected chi connectivity index (χ2v) is 6.26. The first-order valence-electron chi connectivity index (χ1n) is 7.37. The summed E-state index contributed by atoms with van der Waals surface area (Å²) in [5.74, 6) is -2.51. The highest BCUT2D eigenvalue weighted by Gasteiger charge is 2.17. The predicted molar refractivity (Wildman–Crippen MR) is 89.1 cm³/mol. The van der Waals surface area contributed by atoms with E-state index in [0.29, 0.717) is 17.4 Å². The van der Waals surface area contributed by atoms with Crippen LogP contribution in [0.5, 0.6) is 0 Å². The van der Waals surface area contributed by atoms with Crippen LogP contribution in [-0.4, -0.2) is 55.1 Å². The zero-order valence-electron chi connectivity index (χ0n) is 12.8. The van der Waals surface area contributed by atoms with Gasteiger partial charge in [-0.2, -0.15) is 0 Å². The van der Waals surface area contributed by atoms with E-state index >= 15 is 0 Å². The van der Waals surface area contributed by atoms with Crippen molar-refractivity contribution in [1.82, 2.24) is 19.9 Å². The van der Waals surface area contributed by atoms with Gasteiger partial charge >= 0.3 is 11.9 Å². The maximum atomic E-state index is 9.55. The summed E-state index contributed by atoms with van der Waals surface area (Å²) in [5.41, 5.74) is 0.930. The van der Waals surface area contributed by atoms with Crippen LogP contribution in [0.4, 0.5) is 0 Å². The van der Waals surface area contributed by atoms with Crippen molar-refractivity contribution in [1.29, 1.82) is 0 Å². The molecular weight excluding hydrogens is 332 g/mol. The van der Waals surface area contributed by atoms with Crippen LogP contribution in [0.25, 0.3) is 5.65 Å². The zero-order chi connectivity index (χ0) is 17.4. The van der Waals surface area contributed by atoms with E-state index in [4.69, 9.17) is 10.2 Å². The molecule has 8 nitrogen and oxygen atoms in total. The Morgan fingerprint density at radius 1 is 1.17 bits per heavy atom. The minimum absolute atomic E-state index is 0.558. The summed E-state index contributed by atoms with van der Waals surface area (Å²) in [5, 5.41) is 29.1. The summed E-state index contributed by atoms with van der Waals surface area (Å²) >= 11 is 1.85. The van der Waals surface area contributed by atoms with Gasteiger partial charge < -0.3 is 15.5 Å². The number of pyridine rings is 1. The number of nitrogens with one attached hydrogen (secondary N) is 1. The lowest BCUT2D eigenvalue weighted by atomic mass is 10.2. The summed E-state index contributed by atoms with van der Waals surface area (Å²) in [6, 6.07) is 5.99. The SMILES string of the molecule is O=C(O)/C=C\C(=O)O.c1ccn2c(SC3CCNCC3)nnc2c1. The Bertz CT molecular complexity index is 709. The number of thioether (sulfide) groups is 1. The topological polar surface area (TPSA) is 117 Å². The molecule has 9 heteroatoms. The van der Waals surface area contributed by atoms with Gasteiger partial charge in [-0.05, 0) is 38.1 Å². The first-order chi connectivity index (χ1) is 11.6. The molecule has 1 aliphatic rings. The number of aliphatic carboxylic acids is 2. The molecular formula is C15H18N4O4S. The third kappa shape index (κ3) is 5.67. The van der Waals surface area contributed by atoms with Crippen LogP contribution in [0.3, 0.4) is 0 Å². The molecule has 0 aromatic carbocycles. The Balaban J connectivity index is 0.000000224. The monoisotopic (exact) mass is 350 g/mol. The first kappa shape index (κ1) is 18.0. The highest BCUT2D eigenvalue weighted by Crippen LogP contribution is 2.27. The molecule has 0 bridgehead atoms. The van der Waals surface area contributed by atoms with Gasteiger partial charge in [-0.15, -0.1) is 10.2 Å². The van der Waals surface area contributed by atoms with Crippen LogP contribution in [0.15, 0.2) is 41.7 Å². The summed E-state index contributed by atoms with van der Waals surface area (Å²) in [7, 11) is 0. The fraction of sp³-hybridized carbons (Fsp3) is 0.333. The standard InChI is InChI=1S/C11H14N4S.C4H4O4/c1-2-8-15-10(3-1)13-14-11(15)16-9-4-6-12-7-5-9;5-3(6)1-2-4(7)8/h1-3,8-9,12H,4-7H2;1-2H,(H,5,6)(H,7,8)/b;2-1-. The largest absolute Gasteiger partial charge is 0.478 e. The quantitative estimate of drug-likeness (QED) is 0.706. The molecule has 0 aliphatic carbocycles. The fourth-order valence-corrected chi connectivity index (χ4v) is 3.23. The molecule has 1 fully saturated rings. The lowest BCUT2D eigenvalue weighted by molar-refractivity contribution is -0.134. The normalized spacial score (nSPS) is 15.2. The van der Waals surface area contributed by atoms with Gasteiger partial charge in [-0.3, -0.25) is 4.40 Å². The van der Waals surface area contributed by atoms with Gasteiger partial charge in [0.2, 0.25) is 0 Å². The lowest BCUT2D eigenvalue weighted by Gasteiger charge is -2.20. The summed E-state index contributed by atoms with van der Waals surface area (Å²) in [6.45, 7) is 2.24. The third-order valence-electron chi connectivity index (χ3n) is 3.21. The highest BCUT2D eigenvalue weighted by atomic mass is 32.2. The molecule has 0 radical (unpaired) electrons. The Morgan fingerprint density at radius 3 is 2.46 bits per heavy atom. The number of hydrogen-bond acceptors (Lipinski definition) is 6. The van der Waals surface area contributed by atoms with Crippen LogP contribution in [0, 0.1) is 0 Å². The zero-order valence-corrected chi connectivity index (χ0v) is 13.6. The minimum atomic E-state index is -1.26. The molecule has 0 saturated carbocycles. The molecule has 3 N–H and O–H groups in total. The molecule has 0 unspecified atom stereocenters. The number of piperidine rings is 1. The van der Waals surface area contributed by atoms with E-state index in [1.807, 2.05) is 36.2 Å². The van der Waals surface area contributed by atoms with E-state index in [1.54, 1.807) is 0 Å². The van der Waals surface area contributed by atoms with Gasteiger partial charge in [-0.1, -0.05) is 17.8 Å². The van der Waals surface area contributed by atoms with Crippen molar-refractivity contribution in [3.8, 4) is 0 Å².